The van der Waals surface area contributed by atoms with Crippen LogP contribution < -0.4 is 20.5 Å². The molecule has 1 aromatic heterocycles. The van der Waals surface area contributed by atoms with Crippen molar-refractivity contribution in [3.8, 4) is 17.2 Å². The fourth-order valence-corrected chi connectivity index (χ4v) is 3.24. The van der Waals surface area contributed by atoms with Crippen LogP contribution in [0.2, 0.25) is 0 Å². The maximum atomic E-state index is 11.7. The minimum absolute atomic E-state index is 0.299. The number of rotatable bonds is 4. The van der Waals surface area contributed by atoms with Crippen LogP contribution in [-0.2, 0) is 6.42 Å². The van der Waals surface area contributed by atoms with E-state index in [9.17, 15) is 4.79 Å². The van der Waals surface area contributed by atoms with Crippen LogP contribution in [0, 0.1) is 0 Å². The lowest BCUT2D eigenvalue weighted by molar-refractivity contribution is 0.0997. The number of methoxy groups -OCH3 is 1. The molecule has 6 nitrogen and oxygen atoms in total. The Balaban J connectivity index is 1.76. The van der Waals surface area contributed by atoms with E-state index in [2.05, 4.69) is 10.3 Å². The molecule has 2 heterocycles. The summed E-state index contributed by atoms with van der Waals surface area (Å²) in [6.45, 7) is 1.000. The fourth-order valence-electron chi connectivity index (χ4n) is 3.24. The third kappa shape index (κ3) is 2.90. The number of benzene rings is 2. The van der Waals surface area contributed by atoms with Crippen LogP contribution >= 0.6 is 0 Å². The van der Waals surface area contributed by atoms with Gasteiger partial charge in [0.1, 0.15) is 17.2 Å². The highest BCUT2D eigenvalue weighted by atomic mass is 16.5. The van der Waals surface area contributed by atoms with Gasteiger partial charge in [0, 0.05) is 29.9 Å². The van der Waals surface area contributed by atoms with E-state index < -0.39 is 5.91 Å². The molecule has 1 amide bonds. The number of nitrogens with one attached hydrogen (secondary N) is 1. The highest BCUT2D eigenvalue weighted by Crippen LogP contribution is 2.34. The molecule has 1 aliphatic rings. The molecular weight excluding hydrogens is 330 g/mol. The van der Waals surface area contributed by atoms with Crippen LogP contribution in [0.1, 0.15) is 22.3 Å². The molecule has 0 radical (unpaired) electrons. The second-order valence-corrected chi connectivity index (χ2v) is 6.19. The Morgan fingerprint density at radius 2 is 2.08 bits per heavy atom. The van der Waals surface area contributed by atoms with E-state index in [0.717, 1.165) is 30.8 Å². The van der Waals surface area contributed by atoms with Gasteiger partial charge in [0.25, 0.3) is 5.91 Å². The van der Waals surface area contributed by atoms with Crippen molar-refractivity contribution in [3.05, 3.63) is 53.7 Å². The monoisotopic (exact) mass is 349 g/mol. The number of carbonyl (C=O) groups excluding carboxylic acids is 1. The van der Waals surface area contributed by atoms with Gasteiger partial charge in [-0.15, -0.1) is 0 Å². The molecule has 0 fully saturated rings. The summed E-state index contributed by atoms with van der Waals surface area (Å²) in [4.78, 5) is 16.1. The smallest absolute Gasteiger partial charge is 0.252 e. The topological polar surface area (TPSA) is 86.5 Å². The highest BCUT2D eigenvalue weighted by molar-refractivity contribution is 6.01. The maximum absolute atomic E-state index is 11.7. The highest BCUT2D eigenvalue weighted by Gasteiger charge is 2.15. The normalized spacial score (nSPS) is 13.0. The van der Waals surface area contributed by atoms with Crippen molar-refractivity contribution in [1.82, 2.24) is 4.98 Å². The number of aromatic nitrogens is 1. The quantitative estimate of drug-likeness (QED) is 0.753. The zero-order valence-corrected chi connectivity index (χ0v) is 14.4. The SMILES string of the molecule is COc1cc2nccc(Oc3ccc4c(c3)CCCN4)c2cc1C(N)=O. The molecule has 0 aliphatic carbocycles. The minimum Gasteiger partial charge on any atom is -0.496 e. The lowest BCUT2D eigenvalue weighted by Gasteiger charge is -2.19. The van der Waals surface area contributed by atoms with Gasteiger partial charge in [-0.1, -0.05) is 0 Å². The third-order valence-corrected chi connectivity index (χ3v) is 4.53. The van der Waals surface area contributed by atoms with Gasteiger partial charge in [0.15, 0.2) is 0 Å². The summed E-state index contributed by atoms with van der Waals surface area (Å²) < 4.78 is 11.4. The Morgan fingerprint density at radius 1 is 1.19 bits per heavy atom. The van der Waals surface area contributed by atoms with Gasteiger partial charge in [-0.25, -0.2) is 0 Å². The standard InChI is InChI=1S/C20H19N3O3/c1-25-19-11-17-14(10-15(19)20(21)24)18(6-8-23-17)26-13-4-5-16-12(9-13)3-2-7-22-16/h4-6,8-11,22H,2-3,7H2,1H3,(H2,21,24). The summed E-state index contributed by atoms with van der Waals surface area (Å²) in [5.41, 5.74) is 8.84. The molecule has 0 saturated carbocycles. The van der Waals surface area contributed by atoms with E-state index >= 15 is 0 Å². The van der Waals surface area contributed by atoms with Crippen LogP contribution in [0.5, 0.6) is 17.2 Å². The second-order valence-electron chi connectivity index (χ2n) is 6.19. The molecule has 1 aliphatic heterocycles. The van der Waals surface area contributed by atoms with Crippen LogP contribution in [0.15, 0.2) is 42.6 Å². The molecule has 132 valence electrons. The van der Waals surface area contributed by atoms with Gasteiger partial charge in [-0.2, -0.15) is 0 Å². The molecule has 0 saturated heterocycles. The first-order valence-corrected chi connectivity index (χ1v) is 8.47. The lowest BCUT2D eigenvalue weighted by atomic mass is 10.0. The number of pyridine rings is 1. The van der Waals surface area contributed by atoms with Gasteiger partial charge in [-0.3, -0.25) is 9.78 Å². The predicted molar refractivity (Wildman–Crippen MR) is 100 cm³/mol. The summed E-state index contributed by atoms with van der Waals surface area (Å²) in [5, 5.41) is 4.09. The van der Waals surface area contributed by atoms with E-state index in [1.165, 1.54) is 12.7 Å². The third-order valence-electron chi connectivity index (χ3n) is 4.53. The largest absolute Gasteiger partial charge is 0.496 e. The summed E-state index contributed by atoms with van der Waals surface area (Å²) in [6.07, 6.45) is 3.80. The number of amides is 1. The molecule has 0 unspecified atom stereocenters. The summed E-state index contributed by atoms with van der Waals surface area (Å²) in [5.74, 6) is 1.20. The molecule has 26 heavy (non-hydrogen) atoms. The number of primary amides is 1. The summed E-state index contributed by atoms with van der Waals surface area (Å²) in [7, 11) is 1.50. The minimum atomic E-state index is -0.557. The number of hydrogen-bond donors (Lipinski definition) is 2. The Morgan fingerprint density at radius 3 is 2.88 bits per heavy atom. The molecule has 3 aromatic rings. The summed E-state index contributed by atoms with van der Waals surface area (Å²) in [6, 6.07) is 11.1. The Bertz CT molecular complexity index is 1000. The van der Waals surface area contributed by atoms with Crippen molar-refractivity contribution >= 4 is 22.5 Å². The van der Waals surface area contributed by atoms with Crippen LogP contribution in [0.25, 0.3) is 10.9 Å². The first kappa shape index (κ1) is 16.2. The Hall–Kier alpha value is -3.28. The van der Waals surface area contributed by atoms with Crippen LogP contribution in [0.3, 0.4) is 0 Å². The van der Waals surface area contributed by atoms with E-state index in [1.807, 2.05) is 18.2 Å². The number of nitrogens with zero attached hydrogens (tertiary/aromatic N) is 1. The molecule has 4 rings (SSSR count). The molecule has 0 atom stereocenters. The number of anilines is 1. The van der Waals surface area contributed by atoms with Crippen molar-refractivity contribution in [2.24, 2.45) is 5.73 Å². The molecule has 0 spiro atoms. The number of aryl methyl sites for hydroxylation is 1. The molecular formula is C20H19N3O3. The number of hydrogen-bond acceptors (Lipinski definition) is 5. The molecule has 3 N–H and O–H groups in total. The van der Waals surface area contributed by atoms with E-state index in [4.69, 9.17) is 15.2 Å². The van der Waals surface area contributed by atoms with Crippen molar-refractivity contribution < 1.29 is 14.3 Å². The first-order valence-electron chi connectivity index (χ1n) is 8.47. The average Bonchev–Trinajstić information content (AvgIpc) is 2.67. The molecule has 2 aromatic carbocycles. The van der Waals surface area contributed by atoms with Crippen LogP contribution in [-0.4, -0.2) is 24.5 Å². The molecule has 0 bridgehead atoms. The fraction of sp³-hybridized carbons (Fsp3) is 0.200. The summed E-state index contributed by atoms with van der Waals surface area (Å²) >= 11 is 0. The molecule has 6 heteroatoms. The van der Waals surface area contributed by atoms with Gasteiger partial charge in [-0.05, 0) is 48.7 Å². The number of ether oxygens (including phenoxy) is 2. The number of nitrogens with two attached hydrogens (primary N) is 1. The van der Waals surface area contributed by atoms with E-state index in [0.29, 0.717) is 28.0 Å². The van der Waals surface area contributed by atoms with Crippen LogP contribution in [0.4, 0.5) is 5.69 Å². The Kier molecular flexibility index (Phi) is 4.08. The maximum Gasteiger partial charge on any atom is 0.252 e. The first-order chi connectivity index (χ1) is 12.7. The van der Waals surface area contributed by atoms with Gasteiger partial charge in [0.05, 0.1) is 18.2 Å². The van der Waals surface area contributed by atoms with Crippen molar-refractivity contribution in [2.45, 2.75) is 12.8 Å². The predicted octanol–water partition coefficient (Wildman–Crippen LogP) is 3.49. The van der Waals surface area contributed by atoms with Crippen molar-refractivity contribution in [3.63, 3.8) is 0 Å². The van der Waals surface area contributed by atoms with Gasteiger partial charge >= 0.3 is 0 Å². The van der Waals surface area contributed by atoms with E-state index in [1.54, 1.807) is 24.4 Å². The van der Waals surface area contributed by atoms with E-state index in [-0.39, 0.29) is 0 Å². The number of carbonyl (C=O) groups is 1. The van der Waals surface area contributed by atoms with Crippen molar-refractivity contribution in [2.75, 3.05) is 19.0 Å². The number of fused-ring (bicyclic) bond motifs is 2. The van der Waals surface area contributed by atoms with Gasteiger partial charge < -0.3 is 20.5 Å². The zero-order valence-electron chi connectivity index (χ0n) is 14.4. The van der Waals surface area contributed by atoms with Gasteiger partial charge in [0.2, 0.25) is 0 Å². The zero-order chi connectivity index (χ0) is 18.1. The lowest BCUT2D eigenvalue weighted by Crippen LogP contribution is -2.12. The second kappa shape index (κ2) is 6.55. The Labute approximate surface area is 150 Å². The average molecular weight is 349 g/mol. The van der Waals surface area contributed by atoms with Crippen molar-refractivity contribution in [1.29, 1.82) is 0 Å².